The number of hydrogen-bond donors (Lipinski definition) is 0. The van der Waals surface area contributed by atoms with Crippen molar-refractivity contribution in [1.29, 1.82) is 5.26 Å². The summed E-state index contributed by atoms with van der Waals surface area (Å²) in [4.78, 5) is 11.9. The van der Waals surface area contributed by atoms with Gasteiger partial charge < -0.3 is 0 Å². The van der Waals surface area contributed by atoms with Gasteiger partial charge in [0.15, 0.2) is 0 Å². The molecule has 0 aliphatic carbocycles. The number of ketones is 1. The second-order valence-electron chi connectivity index (χ2n) is 4.47. The molecule has 1 aliphatic rings. The van der Waals surface area contributed by atoms with Crippen molar-refractivity contribution in [2.45, 2.75) is 36.4 Å². The number of thiophene rings is 1. The third-order valence-electron chi connectivity index (χ3n) is 3.18. The first-order valence-corrected chi connectivity index (χ1v) is 8.24. The number of piperidine rings is 1. The Morgan fingerprint density at radius 1 is 1.47 bits per heavy atom. The molecule has 7 heteroatoms. The normalized spacial score (nSPS) is 20.9. The molecule has 0 saturated carbocycles. The van der Waals surface area contributed by atoms with Crippen LogP contribution in [0, 0.1) is 11.3 Å². The highest BCUT2D eigenvalue weighted by molar-refractivity contribution is 7.91. The van der Waals surface area contributed by atoms with Gasteiger partial charge in [0.25, 0.3) is 10.0 Å². The summed E-state index contributed by atoms with van der Waals surface area (Å²) in [6, 6.07) is 4.29. The Morgan fingerprint density at radius 2 is 2.21 bits per heavy atom. The highest BCUT2D eigenvalue weighted by Crippen LogP contribution is 2.29. The van der Waals surface area contributed by atoms with Gasteiger partial charge in [-0.1, -0.05) is 6.42 Å². The molecule has 1 atom stereocenters. The lowest BCUT2D eigenvalue weighted by Crippen LogP contribution is -2.46. The number of carbonyl (C=O) groups is 1. The van der Waals surface area contributed by atoms with Gasteiger partial charge in [0.2, 0.25) is 0 Å². The number of carbonyl (C=O) groups excluding carboxylic acids is 1. The van der Waals surface area contributed by atoms with Crippen LogP contribution in [0.5, 0.6) is 0 Å². The quantitative estimate of drug-likeness (QED) is 0.851. The number of hydrogen-bond acceptors (Lipinski definition) is 5. The van der Waals surface area contributed by atoms with Crippen molar-refractivity contribution in [1.82, 2.24) is 4.31 Å². The first kappa shape index (κ1) is 14.2. The predicted molar refractivity (Wildman–Crippen MR) is 71.2 cm³/mol. The molecule has 102 valence electrons. The number of rotatable bonds is 3. The minimum atomic E-state index is -3.67. The molecule has 1 aromatic heterocycles. The zero-order chi connectivity index (χ0) is 14.0. The van der Waals surface area contributed by atoms with E-state index in [4.69, 9.17) is 5.26 Å². The second kappa shape index (κ2) is 5.41. The fourth-order valence-electron chi connectivity index (χ4n) is 2.23. The van der Waals surface area contributed by atoms with Gasteiger partial charge in [-0.2, -0.15) is 9.57 Å². The van der Waals surface area contributed by atoms with Crippen molar-refractivity contribution in [2.24, 2.45) is 0 Å². The Balaban J connectivity index is 2.37. The number of sulfonamides is 1. The maximum atomic E-state index is 12.5. The Labute approximate surface area is 116 Å². The number of Topliss-reactive ketones (excluding diaryl/α,β-unsaturated/α-hetero) is 1. The Hall–Kier alpha value is -1.23. The summed E-state index contributed by atoms with van der Waals surface area (Å²) in [5.41, 5.74) is 0. The average Bonchev–Trinajstić information content (AvgIpc) is 2.88. The Morgan fingerprint density at radius 3 is 2.79 bits per heavy atom. The number of nitriles is 1. The molecule has 1 saturated heterocycles. The maximum absolute atomic E-state index is 12.5. The smallest absolute Gasteiger partial charge is 0.253 e. The largest absolute Gasteiger partial charge is 0.298 e. The van der Waals surface area contributed by atoms with Gasteiger partial charge in [0.1, 0.15) is 20.9 Å². The lowest BCUT2D eigenvalue weighted by atomic mass is 10.0. The Kier molecular flexibility index (Phi) is 4.04. The van der Waals surface area contributed by atoms with Gasteiger partial charge in [-0.25, -0.2) is 8.42 Å². The van der Waals surface area contributed by atoms with Gasteiger partial charge in [-0.3, -0.25) is 4.79 Å². The SMILES string of the molecule is CC(=O)C1CCCCN1S(=O)(=O)c1ccc(C#N)s1. The van der Waals surface area contributed by atoms with E-state index >= 15 is 0 Å². The van der Waals surface area contributed by atoms with E-state index in [0.29, 0.717) is 17.8 Å². The fraction of sp³-hybridized carbons (Fsp3) is 0.500. The van der Waals surface area contributed by atoms with Crippen molar-refractivity contribution in [3.05, 3.63) is 17.0 Å². The summed E-state index contributed by atoms with van der Waals surface area (Å²) in [6.07, 6.45) is 2.20. The highest BCUT2D eigenvalue weighted by Gasteiger charge is 2.36. The molecule has 2 heterocycles. The van der Waals surface area contributed by atoms with E-state index in [0.717, 1.165) is 24.2 Å². The van der Waals surface area contributed by atoms with Crippen LogP contribution in [0.25, 0.3) is 0 Å². The van der Waals surface area contributed by atoms with E-state index in [9.17, 15) is 13.2 Å². The molecule has 5 nitrogen and oxygen atoms in total. The average molecular weight is 298 g/mol. The molecule has 1 fully saturated rings. The zero-order valence-electron chi connectivity index (χ0n) is 10.5. The van der Waals surface area contributed by atoms with E-state index in [1.165, 1.54) is 23.4 Å². The molecule has 2 rings (SSSR count). The first-order chi connectivity index (χ1) is 8.96. The summed E-state index contributed by atoms with van der Waals surface area (Å²) in [7, 11) is -3.67. The molecule has 0 N–H and O–H groups in total. The van der Waals surface area contributed by atoms with Crippen LogP contribution in [0.1, 0.15) is 31.1 Å². The molecule has 0 bridgehead atoms. The summed E-state index contributed by atoms with van der Waals surface area (Å²) in [5, 5.41) is 8.77. The first-order valence-electron chi connectivity index (χ1n) is 5.99. The van der Waals surface area contributed by atoms with Crippen molar-refractivity contribution in [3.63, 3.8) is 0 Å². The van der Waals surface area contributed by atoms with Crippen LogP contribution in [0.3, 0.4) is 0 Å². The third-order valence-corrected chi connectivity index (χ3v) is 6.54. The van der Waals surface area contributed by atoms with Gasteiger partial charge in [0.05, 0.1) is 6.04 Å². The molecule has 1 aromatic rings. The van der Waals surface area contributed by atoms with Crippen molar-refractivity contribution in [2.75, 3.05) is 6.54 Å². The molecule has 0 amide bonds. The van der Waals surface area contributed by atoms with Gasteiger partial charge in [-0.05, 0) is 31.9 Å². The monoisotopic (exact) mass is 298 g/mol. The zero-order valence-corrected chi connectivity index (χ0v) is 12.1. The van der Waals surface area contributed by atoms with E-state index in [1.54, 1.807) is 0 Å². The molecule has 19 heavy (non-hydrogen) atoms. The van der Waals surface area contributed by atoms with E-state index < -0.39 is 16.1 Å². The summed E-state index contributed by atoms with van der Waals surface area (Å²) >= 11 is 0.945. The van der Waals surface area contributed by atoms with Crippen LogP contribution in [0.4, 0.5) is 0 Å². The van der Waals surface area contributed by atoms with Crippen molar-refractivity contribution < 1.29 is 13.2 Å². The lowest BCUT2D eigenvalue weighted by molar-refractivity contribution is -0.121. The molecule has 1 unspecified atom stereocenters. The Bertz CT molecular complexity index is 628. The van der Waals surface area contributed by atoms with Crippen LogP contribution in [-0.4, -0.2) is 31.1 Å². The molecule has 1 aliphatic heterocycles. The topological polar surface area (TPSA) is 78.2 Å². The van der Waals surface area contributed by atoms with Crippen molar-refractivity contribution >= 4 is 27.1 Å². The van der Waals surface area contributed by atoms with Gasteiger partial charge in [0, 0.05) is 6.54 Å². The van der Waals surface area contributed by atoms with E-state index in [1.807, 2.05) is 6.07 Å². The summed E-state index contributed by atoms with van der Waals surface area (Å²) in [5.74, 6) is -0.125. The second-order valence-corrected chi connectivity index (χ2v) is 7.67. The fourth-order valence-corrected chi connectivity index (χ4v) is 5.18. The molecular weight excluding hydrogens is 284 g/mol. The minimum absolute atomic E-state index is 0.125. The van der Waals surface area contributed by atoms with Crippen molar-refractivity contribution in [3.8, 4) is 6.07 Å². The lowest BCUT2D eigenvalue weighted by Gasteiger charge is -2.32. The van der Waals surface area contributed by atoms with E-state index in [2.05, 4.69) is 0 Å². The summed E-state index contributed by atoms with van der Waals surface area (Å²) < 4.78 is 26.4. The molecule has 0 radical (unpaired) electrons. The highest BCUT2D eigenvalue weighted by atomic mass is 32.2. The van der Waals surface area contributed by atoms with Crippen LogP contribution in [0.2, 0.25) is 0 Å². The molecular formula is C12H14N2O3S2. The predicted octanol–water partition coefficient (Wildman–Crippen LogP) is 1.75. The summed E-state index contributed by atoms with van der Waals surface area (Å²) in [6.45, 7) is 1.79. The van der Waals surface area contributed by atoms with Gasteiger partial charge >= 0.3 is 0 Å². The van der Waals surface area contributed by atoms with Crippen LogP contribution in [0.15, 0.2) is 16.3 Å². The minimum Gasteiger partial charge on any atom is -0.298 e. The standard InChI is InChI=1S/C12H14N2O3S2/c1-9(15)11-4-2-3-7-14(11)19(16,17)12-6-5-10(8-13)18-12/h5-6,11H,2-4,7H2,1H3. The van der Waals surface area contributed by atoms with Crippen LogP contribution >= 0.6 is 11.3 Å². The van der Waals surface area contributed by atoms with E-state index in [-0.39, 0.29) is 9.99 Å². The molecule has 0 spiro atoms. The number of nitrogens with zero attached hydrogens (tertiary/aromatic N) is 2. The van der Waals surface area contributed by atoms with Gasteiger partial charge in [-0.15, -0.1) is 11.3 Å². The third kappa shape index (κ3) is 2.71. The van der Waals surface area contributed by atoms with Crippen LogP contribution < -0.4 is 0 Å². The van der Waals surface area contributed by atoms with Crippen LogP contribution in [-0.2, 0) is 14.8 Å². The molecule has 0 aromatic carbocycles. The maximum Gasteiger partial charge on any atom is 0.253 e.